The highest BCUT2D eigenvalue weighted by molar-refractivity contribution is 5.91. The summed E-state index contributed by atoms with van der Waals surface area (Å²) in [6.45, 7) is 0. The molecule has 2 aromatic heterocycles. The highest BCUT2D eigenvalue weighted by Gasteiger charge is 2.07. The molecular weight excluding hydrogens is 285 g/mol. The van der Waals surface area contributed by atoms with Gasteiger partial charge in [0.25, 0.3) is 0 Å². The third-order valence-electron chi connectivity index (χ3n) is 2.95. The minimum absolute atomic E-state index is 0.154. The van der Waals surface area contributed by atoms with Crippen LogP contribution in [0.5, 0.6) is 0 Å². The second kappa shape index (κ2) is 6.13. The zero-order valence-electron chi connectivity index (χ0n) is 11.5. The van der Waals surface area contributed by atoms with E-state index in [1.807, 2.05) is 0 Å². The van der Waals surface area contributed by atoms with Crippen molar-refractivity contribution in [3.05, 3.63) is 66.6 Å². The molecule has 0 saturated heterocycles. The van der Waals surface area contributed by atoms with Crippen molar-refractivity contribution >= 4 is 11.7 Å². The minimum atomic E-state index is -0.326. The highest BCUT2D eigenvalue weighted by atomic mass is 19.1. The summed E-state index contributed by atoms with van der Waals surface area (Å²) in [4.78, 5) is 19.7. The Labute approximate surface area is 125 Å². The van der Waals surface area contributed by atoms with Gasteiger partial charge in [-0.05, 0) is 17.7 Å². The standard InChI is InChI=1S/C15H12FN5O/c16-12-3-1-11(2-4-12)7-15(22)19-14-5-6-21(20-14)13-8-17-10-18-9-13/h1-6,8-10H,7H2,(H,19,20,22). The third-order valence-corrected chi connectivity index (χ3v) is 2.95. The normalized spacial score (nSPS) is 10.4. The fourth-order valence-corrected chi connectivity index (χ4v) is 1.92. The summed E-state index contributed by atoms with van der Waals surface area (Å²) in [6.07, 6.45) is 6.51. The molecule has 22 heavy (non-hydrogen) atoms. The van der Waals surface area contributed by atoms with Gasteiger partial charge >= 0.3 is 0 Å². The minimum Gasteiger partial charge on any atom is -0.309 e. The molecule has 0 atom stereocenters. The number of rotatable bonds is 4. The van der Waals surface area contributed by atoms with Crippen molar-refractivity contribution in [2.45, 2.75) is 6.42 Å². The smallest absolute Gasteiger partial charge is 0.229 e. The molecule has 3 aromatic rings. The van der Waals surface area contributed by atoms with Crippen LogP contribution in [0.4, 0.5) is 10.2 Å². The predicted molar refractivity (Wildman–Crippen MR) is 77.9 cm³/mol. The fraction of sp³-hybridized carbons (Fsp3) is 0.0667. The van der Waals surface area contributed by atoms with E-state index in [9.17, 15) is 9.18 Å². The Morgan fingerprint density at radius 1 is 1.14 bits per heavy atom. The highest BCUT2D eigenvalue weighted by Crippen LogP contribution is 2.09. The first kappa shape index (κ1) is 13.9. The van der Waals surface area contributed by atoms with Gasteiger partial charge in [-0.2, -0.15) is 0 Å². The molecule has 0 bridgehead atoms. The first-order valence-corrected chi connectivity index (χ1v) is 6.56. The molecule has 2 heterocycles. The first-order chi connectivity index (χ1) is 10.7. The number of halogens is 1. The van der Waals surface area contributed by atoms with Crippen LogP contribution in [0.15, 0.2) is 55.2 Å². The Kier molecular flexibility index (Phi) is 3.86. The number of amides is 1. The number of nitrogens with zero attached hydrogens (tertiary/aromatic N) is 4. The van der Waals surface area contributed by atoms with Crippen LogP contribution in [0.3, 0.4) is 0 Å². The lowest BCUT2D eigenvalue weighted by Crippen LogP contribution is -2.15. The number of nitrogens with one attached hydrogen (secondary N) is 1. The average molecular weight is 297 g/mol. The zero-order chi connectivity index (χ0) is 15.4. The molecule has 110 valence electrons. The van der Waals surface area contributed by atoms with E-state index in [4.69, 9.17) is 0 Å². The van der Waals surface area contributed by atoms with E-state index in [0.29, 0.717) is 11.5 Å². The Balaban J connectivity index is 1.65. The van der Waals surface area contributed by atoms with Gasteiger partial charge in [-0.3, -0.25) is 4.79 Å². The number of hydrogen-bond acceptors (Lipinski definition) is 4. The lowest BCUT2D eigenvalue weighted by atomic mass is 10.1. The summed E-state index contributed by atoms with van der Waals surface area (Å²) in [5.41, 5.74) is 1.43. The summed E-state index contributed by atoms with van der Waals surface area (Å²) in [6, 6.07) is 7.48. The average Bonchev–Trinajstić information content (AvgIpc) is 2.99. The van der Waals surface area contributed by atoms with Crippen LogP contribution in [0.2, 0.25) is 0 Å². The summed E-state index contributed by atoms with van der Waals surface area (Å²) in [5, 5.41) is 6.91. The van der Waals surface area contributed by atoms with Gasteiger partial charge in [0.2, 0.25) is 5.91 Å². The Morgan fingerprint density at radius 3 is 2.59 bits per heavy atom. The number of carbonyl (C=O) groups is 1. The quantitative estimate of drug-likeness (QED) is 0.799. The fourth-order valence-electron chi connectivity index (χ4n) is 1.92. The molecule has 0 saturated carbocycles. The summed E-state index contributed by atoms with van der Waals surface area (Å²) in [7, 11) is 0. The van der Waals surface area contributed by atoms with Gasteiger partial charge in [-0.25, -0.2) is 19.0 Å². The van der Waals surface area contributed by atoms with Crippen molar-refractivity contribution in [1.29, 1.82) is 0 Å². The van der Waals surface area contributed by atoms with Gasteiger partial charge in [-0.1, -0.05) is 12.1 Å². The molecule has 1 N–H and O–H groups in total. The van der Waals surface area contributed by atoms with Crippen molar-refractivity contribution in [1.82, 2.24) is 19.7 Å². The lowest BCUT2D eigenvalue weighted by molar-refractivity contribution is -0.115. The molecule has 6 nitrogen and oxygen atoms in total. The summed E-state index contributed by atoms with van der Waals surface area (Å²) in [5.74, 6) is -0.120. The Hall–Kier alpha value is -3.09. The molecule has 0 spiro atoms. The predicted octanol–water partition coefficient (Wildman–Crippen LogP) is 1.98. The molecule has 1 aromatic carbocycles. The van der Waals surface area contributed by atoms with Gasteiger partial charge in [0.05, 0.1) is 18.8 Å². The molecule has 0 aliphatic carbocycles. The molecular formula is C15H12FN5O. The first-order valence-electron chi connectivity index (χ1n) is 6.56. The van der Waals surface area contributed by atoms with Crippen LogP contribution in [0, 0.1) is 5.82 Å². The maximum atomic E-state index is 12.8. The van der Waals surface area contributed by atoms with Crippen LogP contribution in [0.25, 0.3) is 5.69 Å². The summed E-state index contributed by atoms with van der Waals surface area (Å²) >= 11 is 0. The maximum absolute atomic E-state index is 12.8. The second-order valence-corrected chi connectivity index (χ2v) is 4.59. The van der Waals surface area contributed by atoms with Crippen LogP contribution >= 0.6 is 0 Å². The van der Waals surface area contributed by atoms with E-state index < -0.39 is 0 Å². The molecule has 0 radical (unpaired) electrons. The van der Waals surface area contributed by atoms with Crippen molar-refractivity contribution in [3.63, 3.8) is 0 Å². The number of aromatic nitrogens is 4. The van der Waals surface area contributed by atoms with E-state index in [1.54, 1.807) is 41.5 Å². The van der Waals surface area contributed by atoms with E-state index in [2.05, 4.69) is 20.4 Å². The van der Waals surface area contributed by atoms with Crippen LogP contribution in [-0.4, -0.2) is 25.7 Å². The van der Waals surface area contributed by atoms with Gasteiger partial charge in [0.1, 0.15) is 17.8 Å². The van der Waals surface area contributed by atoms with Gasteiger partial charge in [0, 0.05) is 12.3 Å². The number of hydrogen-bond donors (Lipinski definition) is 1. The van der Waals surface area contributed by atoms with E-state index in [-0.39, 0.29) is 18.1 Å². The molecule has 0 aliphatic heterocycles. The molecule has 0 unspecified atom stereocenters. The monoisotopic (exact) mass is 297 g/mol. The molecule has 1 amide bonds. The Morgan fingerprint density at radius 2 is 1.86 bits per heavy atom. The van der Waals surface area contributed by atoms with Crippen molar-refractivity contribution < 1.29 is 9.18 Å². The third kappa shape index (κ3) is 3.32. The number of benzene rings is 1. The van der Waals surface area contributed by atoms with Crippen molar-refractivity contribution in [2.24, 2.45) is 0 Å². The molecule has 3 rings (SSSR count). The SMILES string of the molecule is O=C(Cc1ccc(F)cc1)Nc1ccn(-c2cncnc2)n1. The second-order valence-electron chi connectivity index (χ2n) is 4.59. The largest absolute Gasteiger partial charge is 0.309 e. The topological polar surface area (TPSA) is 72.7 Å². The maximum Gasteiger partial charge on any atom is 0.229 e. The van der Waals surface area contributed by atoms with Crippen LogP contribution < -0.4 is 5.32 Å². The van der Waals surface area contributed by atoms with Gasteiger partial charge in [-0.15, -0.1) is 5.10 Å². The number of carbonyl (C=O) groups excluding carboxylic acids is 1. The van der Waals surface area contributed by atoms with Crippen LogP contribution in [0.1, 0.15) is 5.56 Å². The lowest BCUT2D eigenvalue weighted by Gasteiger charge is -2.03. The van der Waals surface area contributed by atoms with E-state index in [1.165, 1.54) is 18.5 Å². The molecule has 7 heteroatoms. The van der Waals surface area contributed by atoms with Crippen LogP contribution in [-0.2, 0) is 11.2 Å². The molecule has 0 fully saturated rings. The van der Waals surface area contributed by atoms with Gasteiger partial charge < -0.3 is 5.32 Å². The van der Waals surface area contributed by atoms with E-state index >= 15 is 0 Å². The summed E-state index contributed by atoms with van der Waals surface area (Å²) < 4.78 is 14.4. The van der Waals surface area contributed by atoms with Gasteiger partial charge in [0.15, 0.2) is 5.82 Å². The molecule has 0 aliphatic rings. The zero-order valence-corrected chi connectivity index (χ0v) is 11.5. The number of anilines is 1. The van der Waals surface area contributed by atoms with E-state index in [0.717, 1.165) is 5.56 Å². The Bertz CT molecular complexity index is 770. The van der Waals surface area contributed by atoms with Crippen molar-refractivity contribution in [2.75, 3.05) is 5.32 Å². The van der Waals surface area contributed by atoms with Crippen molar-refractivity contribution in [3.8, 4) is 5.69 Å².